The molecule has 0 amide bonds. The predicted molar refractivity (Wildman–Crippen MR) is 74.6 cm³/mol. The highest BCUT2D eigenvalue weighted by atomic mass is 14.9. The first-order valence-corrected chi connectivity index (χ1v) is 5.95. The molecule has 0 aliphatic carbocycles. The Labute approximate surface area is 103 Å². The molecule has 0 fully saturated rings. The third-order valence-corrected chi connectivity index (χ3v) is 2.77. The van der Waals surface area contributed by atoms with E-state index in [0.717, 1.165) is 24.3 Å². The van der Waals surface area contributed by atoms with E-state index in [2.05, 4.69) is 47.0 Å². The molecule has 2 N–H and O–H groups in total. The van der Waals surface area contributed by atoms with Gasteiger partial charge in [-0.25, -0.2) is 0 Å². The number of hydrogen-bond acceptors (Lipinski definition) is 2. The SMILES string of the molecule is CNc1ccccc1NCCc1ccccc1. The molecule has 2 heteroatoms. The highest BCUT2D eigenvalue weighted by Crippen LogP contribution is 2.19. The van der Waals surface area contributed by atoms with Crippen LogP contribution < -0.4 is 10.6 Å². The van der Waals surface area contributed by atoms with E-state index in [-0.39, 0.29) is 0 Å². The molecule has 2 aromatic carbocycles. The third-order valence-electron chi connectivity index (χ3n) is 2.77. The Morgan fingerprint density at radius 3 is 2.18 bits per heavy atom. The monoisotopic (exact) mass is 226 g/mol. The highest BCUT2D eigenvalue weighted by Gasteiger charge is 1.98. The van der Waals surface area contributed by atoms with E-state index in [1.807, 2.05) is 25.2 Å². The van der Waals surface area contributed by atoms with Crippen molar-refractivity contribution < 1.29 is 0 Å². The largest absolute Gasteiger partial charge is 0.386 e. The molecular weight excluding hydrogens is 208 g/mol. The lowest BCUT2D eigenvalue weighted by atomic mass is 10.1. The minimum atomic E-state index is 0.947. The maximum atomic E-state index is 3.45. The molecule has 0 atom stereocenters. The van der Waals surface area contributed by atoms with Crippen molar-refractivity contribution in [3.63, 3.8) is 0 Å². The van der Waals surface area contributed by atoms with Crippen LogP contribution in [-0.4, -0.2) is 13.6 Å². The molecule has 17 heavy (non-hydrogen) atoms. The molecule has 0 aliphatic rings. The summed E-state index contributed by atoms with van der Waals surface area (Å²) in [5.41, 5.74) is 3.66. The van der Waals surface area contributed by atoms with Gasteiger partial charge in [0.2, 0.25) is 0 Å². The average Bonchev–Trinajstić information content (AvgIpc) is 2.40. The summed E-state index contributed by atoms with van der Waals surface area (Å²) in [6.07, 6.45) is 1.04. The zero-order chi connectivity index (χ0) is 11.9. The lowest BCUT2D eigenvalue weighted by molar-refractivity contribution is 1.02. The average molecular weight is 226 g/mol. The van der Waals surface area contributed by atoms with Gasteiger partial charge >= 0.3 is 0 Å². The Morgan fingerprint density at radius 2 is 1.47 bits per heavy atom. The van der Waals surface area contributed by atoms with E-state index in [1.165, 1.54) is 5.56 Å². The number of rotatable bonds is 5. The van der Waals surface area contributed by atoms with Gasteiger partial charge in [0.05, 0.1) is 11.4 Å². The van der Waals surface area contributed by atoms with Crippen molar-refractivity contribution in [2.45, 2.75) is 6.42 Å². The zero-order valence-corrected chi connectivity index (χ0v) is 10.1. The van der Waals surface area contributed by atoms with Crippen molar-refractivity contribution in [2.75, 3.05) is 24.2 Å². The van der Waals surface area contributed by atoms with Gasteiger partial charge in [-0.2, -0.15) is 0 Å². The van der Waals surface area contributed by atoms with Crippen LogP contribution in [0, 0.1) is 0 Å². The third kappa shape index (κ3) is 3.25. The van der Waals surface area contributed by atoms with Crippen LogP contribution in [0.15, 0.2) is 54.6 Å². The first-order chi connectivity index (χ1) is 8.40. The quantitative estimate of drug-likeness (QED) is 0.816. The number of benzene rings is 2. The molecule has 0 bridgehead atoms. The summed E-state index contributed by atoms with van der Waals surface area (Å²) in [5, 5.41) is 6.63. The second-order valence-corrected chi connectivity index (χ2v) is 3.96. The second-order valence-electron chi connectivity index (χ2n) is 3.96. The Kier molecular flexibility index (Phi) is 4.03. The highest BCUT2D eigenvalue weighted by molar-refractivity contribution is 5.68. The molecule has 0 unspecified atom stereocenters. The fourth-order valence-corrected chi connectivity index (χ4v) is 1.84. The Bertz CT molecular complexity index is 451. The number of para-hydroxylation sites is 2. The maximum absolute atomic E-state index is 3.45. The van der Waals surface area contributed by atoms with E-state index < -0.39 is 0 Å². The van der Waals surface area contributed by atoms with Gasteiger partial charge in [-0.1, -0.05) is 42.5 Å². The molecule has 0 saturated carbocycles. The van der Waals surface area contributed by atoms with Crippen molar-refractivity contribution in [3.05, 3.63) is 60.2 Å². The smallest absolute Gasteiger partial charge is 0.0576 e. The minimum Gasteiger partial charge on any atom is -0.386 e. The summed E-state index contributed by atoms with van der Waals surface area (Å²) in [5.74, 6) is 0. The van der Waals surface area contributed by atoms with Gasteiger partial charge in [0.15, 0.2) is 0 Å². The van der Waals surface area contributed by atoms with E-state index >= 15 is 0 Å². The molecule has 0 aromatic heterocycles. The summed E-state index contributed by atoms with van der Waals surface area (Å²) < 4.78 is 0. The summed E-state index contributed by atoms with van der Waals surface area (Å²) in [6.45, 7) is 0.947. The van der Waals surface area contributed by atoms with Crippen LogP contribution in [0.25, 0.3) is 0 Å². The minimum absolute atomic E-state index is 0.947. The van der Waals surface area contributed by atoms with Crippen molar-refractivity contribution >= 4 is 11.4 Å². The zero-order valence-electron chi connectivity index (χ0n) is 10.1. The molecule has 0 radical (unpaired) electrons. The van der Waals surface area contributed by atoms with Gasteiger partial charge < -0.3 is 10.6 Å². The van der Waals surface area contributed by atoms with Crippen LogP contribution in [0.2, 0.25) is 0 Å². The fraction of sp³-hybridized carbons (Fsp3) is 0.200. The lowest BCUT2D eigenvalue weighted by Crippen LogP contribution is -2.06. The van der Waals surface area contributed by atoms with Crippen LogP contribution >= 0.6 is 0 Å². The van der Waals surface area contributed by atoms with Crippen LogP contribution in [0.3, 0.4) is 0 Å². The molecular formula is C15H18N2. The Balaban J connectivity index is 1.90. The molecule has 0 spiro atoms. The van der Waals surface area contributed by atoms with Crippen LogP contribution in [0.5, 0.6) is 0 Å². The van der Waals surface area contributed by atoms with Crippen molar-refractivity contribution in [1.82, 2.24) is 0 Å². The number of anilines is 2. The molecule has 0 saturated heterocycles. The molecule has 0 aliphatic heterocycles. The van der Waals surface area contributed by atoms with Gasteiger partial charge in [0.1, 0.15) is 0 Å². The molecule has 2 rings (SSSR count). The van der Waals surface area contributed by atoms with Gasteiger partial charge in [-0.05, 0) is 24.1 Å². The van der Waals surface area contributed by atoms with E-state index in [9.17, 15) is 0 Å². The predicted octanol–water partition coefficient (Wildman–Crippen LogP) is 3.38. The topological polar surface area (TPSA) is 24.1 Å². The summed E-state index contributed by atoms with van der Waals surface area (Å²) in [6, 6.07) is 18.8. The molecule has 88 valence electrons. The summed E-state index contributed by atoms with van der Waals surface area (Å²) >= 11 is 0. The lowest BCUT2D eigenvalue weighted by Gasteiger charge is -2.11. The van der Waals surface area contributed by atoms with Gasteiger partial charge in [-0.15, -0.1) is 0 Å². The first-order valence-electron chi connectivity index (χ1n) is 5.95. The van der Waals surface area contributed by atoms with E-state index in [4.69, 9.17) is 0 Å². The number of hydrogen-bond donors (Lipinski definition) is 2. The van der Waals surface area contributed by atoms with E-state index in [0.29, 0.717) is 0 Å². The van der Waals surface area contributed by atoms with Crippen molar-refractivity contribution in [3.8, 4) is 0 Å². The summed E-state index contributed by atoms with van der Waals surface area (Å²) in [7, 11) is 1.94. The second kappa shape index (κ2) is 5.94. The van der Waals surface area contributed by atoms with Gasteiger partial charge in [0, 0.05) is 13.6 Å². The van der Waals surface area contributed by atoms with Gasteiger partial charge in [-0.3, -0.25) is 0 Å². The van der Waals surface area contributed by atoms with Gasteiger partial charge in [0.25, 0.3) is 0 Å². The standard InChI is InChI=1S/C15H18N2/c1-16-14-9-5-6-10-15(14)17-12-11-13-7-3-2-4-8-13/h2-10,16-17H,11-12H2,1H3. The Hall–Kier alpha value is -1.96. The maximum Gasteiger partial charge on any atom is 0.0576 e. The fourth-order valence-electron chi connectivity index (χ4n) is 1.84. The van der Waals surface area contributed by atoms with Crippen molar-refractivity contribution in [2.24, 2.45) is 0 Å². The van der Waals surface area contributed by atoms with Crippen LogP contribution in [-0.2, 0) is 6.42 Å². The normalized spacial score (nSPS) is 9.94. The first kappa shape index (κ1) is 11.5. The summed E-state index contributed by atoms with van der Waals surface area (Å²) in [4.78, 5) is 0. The molecule has 0 heterocycles. The molecule has 2 aromatic rings. The van der Waals surface area contributed by atoms with Crippen molar-refractivity contribution in [1.29, 1.82) is 0 Å². The van der Waals surface area contributed by atoms with E-state index in [1.54, 1.807) is 0 Å². The molecule has 2 nitrogen and oxygen atoms in total. The van der Waals surface area contributed by atoms with Crippen LogP contribution in [0.4, 0.5) is 11.4 Å². The van der Waals surface area contributed by atoms with Crippen LogP contribution in [0.1, 0.15) is 5.56 Å². The Morgan fingerprint density at radius 1 is 0.824 bits per heavy atom. The number of nitrogens with one attached hydrogen (secondary N) is 2.